The lowest BCUT2D eigenvalue weighted by atomic mass is 9.75. The number of alkyl halides is 1. The number of rotatable bonds is 3. The number of anilines is 1. The topological polar surface area (TPSA) is 12.5 Å². The highest BCUT2D eigenvalue weighted by molar-refractivity contribution is 9.10. The molecule has 1 atom stereocenters. The van der Waals surface area contributed by atoms with Crippen molar-refractivity contribution in [2.75, 3.05) is 16.9 Å². The van der Waals surface area contributed by atoms with Gasteiger partial charge in [-0.15, -0.1) is 0 Å². The van der Waals surface area contributed by atoms with E-state index in [1.54, 1.807) is 0 Å². The summed E-state index contributed by atoms with van der Waals surface area (Å²) in [6.07, 6.45) is 0. The van der Waals surface area contributed by atoms with Gasteiger partial charge in [-0.05, 0) is 29.8 Å². The van der Waals surface area contributed by atoms with Crippen LogP contribution in [0.1, 0.15) is 11.1 Å². The van der Waals surface area contributed by atoms with Crippen LogP contribution in [0, 0.1) is 0 Å². The van der Waals surface area contributed by atoms with Crippen LogP contribution in [0.5, 0.6) is 5.75 Å². The molecule has 2 nitrogen and oxygen atoms in total. The van der Waals surface area contributed by atoms with Crippen molar-refractivity contribution < 1.29 is 4.84 Å². The van der Waals surface area contributed by atoms with E-state index in [1.165, 1.54) is 11.1 Å². The number of hydrogen-bond donors (Lipinski definition) is 0. The van der Waals surface area contributed by atoms with Crippen LogP contribution in [-0.2, 0) is 5.41 Å². The van der Waals surface area contributed by atoms with Crippen molar-refractivity contribution in [1.29, 1.82) is 0 Å². The van der Waals surface area contributed by atoms with Gasteiger partial charge in [0.25, 0.3) is 0 Å². The quantitative estimate of drug-likeness (QED) is 0.450. The summed E-state index contributed by atoms with van der Waals surface area (Å²) in [6.45, 7) is 0.737. The maximum Gasteiger partial charge on any atom is 0.160 e. The molecule has 1 unspecified atom stereocenters. The van der Waals surface area contributed by atoms with Gasteiger partial charge in [-0.2, -0.15) is 0 Å². The Labute approximate surface area is 164 Å². The lowest BCUT2D eigenvalue weighted by Crippen LogP contribution is -2.49. The summed E-state index contributed by atoms with van der Waals surface area (Å²) < 4.78 is 1.01. The predicted octanol–water partition coefficient (Wildman–Crippen LogP) is 5.94. The summed E-state index contributed by atoms with van der Waals surface area (Å²) in [5, 5.41) is 2.80. The third kappa shape index (κ3) is 2.98. The second-order valence-electron chi connectivity index (χ2n) is 6.19. The second kappa shape index (κ2) is 6.85. The summed E-state index contributed by atoms with van der Waals surface area (Å²) in [7, 11) is 0. The van der Waals surface area contributed by atoms with Crippen LogP contribution in [0.3, 0.4) is 0 Å². The van der Waals surface area contributed by atoms with E-state index in [2.05, 4.69) is 86.5 Å². The Bertz CT molecular complexity index is 870. The molecule has 1 aliphatic heterocycles. The number of hydroxylamine groups is 1. The minimum Gasteiger partial charge on any atom is -0.379 e. The standard InChI is InChI=1S/C21H17Br2NO/c22-14-21(16-7-3-1-4-8-16)15-24(18-9-5-2-6-10-18)25-20-13-17(23)11-12-19(20)21/h1-13H,14-15H2. The highest BCUT2D eigenvalue weighted by Crippen LogP contribution is 2.45. The summed E-state index contributed by atoms with van der Waals surface area (Å²) >= 11 is 7.37. The molecule has 0 fully saturated rings. The Morgan fingerprint density at radius 1 is 0.920 bits per heavy atom. The molecule has 0 radical (unpaired) electrons. The Hall–Kier alpha value is -1.78. The molecule has 0 saturated heterocycles. The van der Waals surface area contributed by atoms with E-state index in [0.717, 1.165) is 27.8 Å². The Balaban J connectivity index is 1.90. The molecule has 0 N–H and O–H groups in total. The Kier molecular flexibility index (Phi) is 4.57. The molecule has 3 aromatic carbocycles. The van der Waals surface area contributed by atoms with Crippen molar-refractivity contribution in [2.24, 2.45) is 0 Å². The maximum absolute atomic E-state index is 6.26. The van der Waals surface area contributed by atoms with E-state index in [1.807, 2.05) is 29.3 Å². The van der Waals surface area contributed by atoms with Crippen LogP contribution in [0.4, 0.5) is 5.69 Å². The summed E-state index contributed by atoms with van der Waals surface area (Å²) in [6, 6.07) is 27.2. The Morgan fingerprint density at radius 3 is 2.28 bits per heavy atom. The predicted molar refractivity (Wildman–Crippen MR) is 110 cm³/mol. The zero-order chi connectivity index (χ0) is 17.3. The van der Waals surface area contributed by atoms with E-state index in [4.69, 9.17) is 4.84 Å². The van der Waals surface area contributed by atoms with Crippen LogP contribution >= 0.6 is 31.9 Å². The van der Waals surface area contributed by atoms with Gasteiger partial charge in [0.1, 0.15) is 0 Å². The normalized spacial score (nSPS) is 19.2. The molecule has 0 aromatic heterocycles. The zero-order valence-corrected chi connectivity index (χ0v) is 16.7. The molecular weight excluding hydrogens is 442 g/mol. The van der Waals surface area contributed by atoms with Crippen LogP contribution in [0.15, 0.2) is 83.3 Å². The van der Waals surface area contributed by atoms with E-state index >= 15 is 0 Å². The van der Waals surface area contributed by atoms with Gasteiger partial charge in [-0.25, -0.2) is 5.06 Å². The van der Waals surface area contributed by atoms with Crippen LogP contribution in [0.25, 0.3) is 0 Å². The highest BCUT2D eigenvalue weighted by atomic mass is 79.9. The molecule has 0 amide bonds. The van der Waals surface area contributed by atoms with Crippen molar-refractivity contribution in [1.82, 2.24) is 0 Å². The minimum atomic E-state index is -0.189. The van der Waals surface area contributed by atoms with Gasteiger partial charge in [0.15, 0.2) is 5.75 Å². The first-order valence-corrected chi connectivity index (χ1v) is 10.1. The minimum absolute atomic E-state index is 0.189. The van der Waals surface area contributed by atoms with Crippen LogP contribution < -0.4 is 9.90 Å². The van der Waals surface area contributed by atoms with Gasteiger partial charge < -0.3 is 4.84 Å². The smallest absolute Gasteiger partial charge is 0.160 e. The van der Waals surface area contributed by atoms with E-state index in [9.17, 15) is 0 Å². The number of hydrogen-bond acceptors (Lipinski definition) is 2. The first-order chi connectivity index (χ1) is 12.2. The molecule has 0 aliphatic carbocycles. The lowest BCUT2D eigenvalue weighted by molar-refractivity contribution is 0.227. The second-order valence-corrected chi connectivity index (χ2v) is 7.66. The van der Waals surface area contributed by atoms with Crippen LogP contribution in [-0.4, -0.2) is 11.9 Å². The fourth-order valence-electron chi connectivity index (χ4n) is 3.38. The molecule has 1 heterocycles. The molecule has 126 valence electrons. The summed E-state index contributed by atoms with van der Waals surface area (Å²) in [5.41, 5.74) is 3.34. The number of para-hydroxylation sites is 1. The van der Waals surface area contributed by atoms with Gasteiger partial charge in [0.2, 0.25) is 0 Å². The van der Waals surface area contributed by atoms with Gasteiger partial charge in [0.05, 0.1) is 17.6 Å². The van der Waals surface area contributed by atoms with Gasteiger partial charge in [-0.3, -0.25) is 0 Å². The fourth-order valence-corrected chi connectivity index (χ4v) is 4.53. The lowest BCUT2D eigenvalue weighted by Gasteiger charge is -2.43. The van der Waals surface area contributed by atoms with Crippen molar-refractivity contribution in [3.05, 3.63) is 94.5 Å². The van der Waals surface area contributed by atoms with Crippen molar-refractivity contribution in [3.63, 3.8) is 0 Å². The largest absolute Gasteiger partial charge is 0.379 e. The zero-order valence-electron chi connectivity index (χ0n) is 13.5. The van der Waals surface area contributed by atoms with Crippen LogP contribution in [0.2, 0.25) is 0 Å². The average Bonchev–Trinajstić information content (AvgIpc) is 2.68. The molecule has 0 saturated carbocycles. The molecule has 0 spiro atoms. The molecule has 1 aliphatic rings. The number of nitrogens with zero attached hydrogens (tertiary/aromatic N) is 1. The van der Waals surface area contributed by atoms with Gasteiger partial charge in [0, 0.05) is 15.4 Å². The van der Waals surface area contributed by atoms with E-state index in [-0.39, 0.29) is 5.41 Å². The molecule has 4 heteroatoms. The molecular formula is C21H17Br2NO. The number of benzene rings is 3. The third-order valence-electron chi connectivity index (χ3n) is 4.68. The van der Waals surface area contributed by atoms with Gasteiger partial charge in [-0.1, -0.05) is 86.5 Å². The molecule has 3 aromatic rings. The summed E-state index contributed by atoms with van der Waals surface area (Å²) in [5.74, 6) is 0.882. The molecule has 4 rings (SSSR count). The van der Waals surface area contributed by atoms with E-state index < -0.39 is 0 Å². The fraction of sp³-hybridized carbons (Fsp3) is 0.143. The number of halogens is 2. The van der Waals surface area contributed by atoms with E-state index in [0.29, 0.717) is 0 Å². The maximum atomic E-state index is 6.26. The Morgan fingerprint density at radius 2 is 1.60 bits per heavy atom. The average molecular weight is 459 g/mol. The first-order valence-electron chi connectivity index (χ1n) is 8.15. The van der Waals surface area contributed by atoms with Crippen molar-refractivity contribution >= 4 is 37.5 Å². The summed E-state index contributed by atoms with van der Waals surface area (Å²) in [4.78, 5) is 6.26. The molecule has 25 heavy (non-hydrogen) atoms. The number of fused-ring (bicyclic) bond motifs is 1. The highest BCUT2D eigenvalue weighted by Gasteiger charge is 2.42. The van der Waals surface area contributed by atoms with Crippen molar-refractivity contribution in [3.8, 4) is 5.75 Å². The first kappa shape index (κ1) is 16.7. The third-order valence-corrected chi connectivity index (χ3v) is 6.13. The monoisotopic (exact) mass is 457 g/mol. The van der Waals surface area contributed by atoms with Gasteiger partial charge >= 0.3 is 0 Å². The molecule has 0 bridgehead atoms. The SMILES string of the molecule is BrCC1(c2ccccc2)CN(c2ccccc2)Oc2cc(Br)ccc21. The van der Waals surface area contributed by atoms with Crippen molar-refractivity contribution in [2.45, 2.75) is 5.41 Å².